The van der Waals surface area contributed by atoms with Crippen LogP contribution in [-0.4, -0.2) is 11.7 Å². The Labute approximate surface area is 148 Å². The zero-order valence-corrected chi connectivity index (χ0v) is 14.7. The number of nitrogens with one attached hydrogen (secondary N) is 1. The molecule has 1 saturated carbocycles. The number of carbonyl (C=O) groups excluding carboxylic acids is 2. The van der Waals surface area contributed by atoms with Gasteiger partial charge in [-0.05, 0) is 44.0 Å². The highest BCUT2D eigenvalue weighted by Crippen LogP contribution is 2.26. The summed E-state index contributed by atoms with van der Waals surface area (Å²) >= 11 is 0. The number of benzene rings is 1. The Morgan fingerprint density at radius 1 is 1.08 bits per heavy atom. The minimum absolute atomic E-state index is 0.0218. The lowest BCUT2D eigenvalue weighted by molar-refractivity contribution is -0.120. The zero-order valence-electron chi connectivity index (χ0n) is 14.7. The van der Waals surface area contributed by atoms with Gasteiger partial charge in [0.15, 0.2) is 5.78 Å². The first-order chi connectivity index (χ1) is 12.1. The minimum Gasteiger partial charge on any atom is -0.466 e. The van der Waals surface area contributed by atoms with Crippen LogP contribution in [0.2, 0.25) is 0 Å². The smallest absolute Gasteiger partial charge is 0.227 e. The molecule has 1 aromatic heterocycles. The highest BCUT2D eigenvalue weighted by Gasteiger charge is 2.22. The van der Waals surface area contributed by atoms with Gasteiger partial charge in [-0.1, -0.05) is 31.4 Å². The molecule has 0 aliphatic heterocycles. The molecule has 0 bridgehead atoms. The molecule has 4 nitrogen and oxygen atoms in total. The molecule has 1 heterocycles. The molecule has 132 valence electrons. The maximum Gasteiger partial charge on any atom is 0.227 e. The maximum absolute atomic E-state index is 12.6. The first kappa shape index (κ1) is 17.5. The number of ketones is 1. The highest BCUT2D eigenvalue weighted by atomic mass is 16.3. The molecule has 1 aliphatic carbocycles. The van der Waals surface area contributed by atoms with Crippen LogP contribution >= 0.6 is 0 Å². The molecular formula is C21H25NO3. The highest BCUT2D eigenvalue weighted by molar-refractivity contribution is 6.05. The van der Waals surface area contributed by atoms with Gasteiger partial charge in [-0.3, -0.25) is 9.59 Å². The lowest BCUT2D eigenvalue weighted by atomic mass is 9.88. The molecule has 1 aliphatic rings. The molecule has 1 aromatic carbocycles. The van der Waals surface area contributed by atoms with Gasteiger partial charge >= 0.3 is 0 Å². The fourth-order valence-corrected chi connectivity index (χ4v) is 3.43. The van der Waals surface area contributed by atoms with Crippen LogP contribution in [0, 0.1) is 12.8 Å². The molecule has 0 unspecified atom stereocenters. The lowest BCUT2D eigenvalue weighted by Crippen LogP contribution is -2.25. The van der Waals surface area contributed by atoms with E-state index in [4.69, 9.17) is 4.42 Å². The third-order valence-electron chi connectivity index (χ3n) is 4.86. The van der Waals surface area contributed by atoms with E-state index < -0.39 is 0 Å². The van der Waals surface area contributed by atoms with Crippen molar-refractivity contribution in [2.24, 2.45) is 5.92 Å². The van der Waals surface area contributed by atoms with Crippen molar-refractivity contribution in [3.05, 3.63) is 53.5 Å². The number of furan rings is 1. The quantitative estimate of drug-likeness (QED) is 0.760. The summed E-state index contributed by atoms with van der Waals surface area (Å²) in [4.78, 5) is 25.1. The van der Waals surface area contributed by atoms with Crippen LogP contribution in [0.5, 0.6) is 0 Å². The van der Waals surface area contributed by atoms with Gasteiger partial charge in [0.25, 0.3) is 0 Å². The maximum atomic E-state index is 12.6. The molecule has 1 N–H and O–H groups in total. The largest absolute Gasteiger partial charge is 0.466 e. The van der Waals surface area contributed by atoms with Crippen molar-refractivity contribution < 1.29 is 14.0 Å². The number of Topliss-reactive ketones (excluding diaryl/α,β-unsaturated/α-hetero) is 1. The van der Waals surface area contributed by atoms with E-state index in [2.05, 4.69) is 5.32 Å². The number of para-hydroxylation sites is 1. The molecule has 0 radical (unpaired) electrons. The number of hydrogen-bond acceptors (Lipinski definition) is 3. The fraction of sp³-hybridized carbons (Fsp3) is 0.429. The van der Waals surface area contributed by atoms with E-state index in [1.807, 2.05) is 37.3 Å². The van der Waals surface area contributed by atoms with Crippen molar-refractivity contribution >= 4 is 17.4 Å². The number of anilines is 1. The van der Waals surface area contributed by atoms with Gasteiger partial charge in [0.2, 0.25) is 5.91 Å². The molecule has 2 aromatic rings. The van der Waals surface area contributed by atoms with Gasteiger partial charge in [-0.2, -0.15) is 0 Å². The predicted molar refractivity (Wildman–Crippen MR) is 97.7 cm³/mol. The summed E-state index contributed by atoms with van der Waals surface area (Å²) in [6.07, 6.45) is 6.26. The Kier molecular flexibility index (Phi) is 5.69. The van der Waals surface area contributed by atoms with E-state index in [0.717, 1.165) is 37.2 Å². The monoisotopic (exact) mass is 339 g/mol. The molecule has 0 spiro atoms. The molecule has 1 fully saturated rings. The summed E-state index contributed by atoms with van der Waals surface area (Å²) in [5.74, 6) is 1.80. The first-order valence-corrected chi connectivity index (χ1v) is 9.12. The average Bonchev–Trinajstić information content (AvgIpc) is 3.06. The zero-order chi connectivity index (χ0) is 17.6. The number of carbonyl (C=O) groups is 2. The standard InChI is InChI=1S/C21H25NO3/c1-15-11-12-17(25-15)13-14-20(23)18-9-5-6-10-19(18)22-21(24)16-7-3-2-4-8-16/h5-6,9-12,16H,2-4,7-8,13-14H2,1H3,(H,22,24). The molecule has 3 rings (SSSR count). The molecule has 25 heavy (non-hydrogen) atoms. The average molecular weight is 339 g/mol. The van der Waals surface area contributed by atoms with Crippen LogP contribution in [0.25, 0.3) is 0 Å². The van der Waals surface area contributed by atoms with Crippen molar-refractivity contribution in [3.63, 3.8) is 0 Å². The molecule has 4 heteroatoms. The molecular weight excluding hydrogens is 314 g/mol. The SMILES string of the molecule is Cc1ccc(CCC(=O)c2ccccc2NC(=O)C2CCCCC2)o1. The van der Waals surface area contributed by atoms with Gasteiger partial charge in [0, 0.05) is 24.3 Å². The number of rotatable bonds is 6. The van der Waals surface area contributed by atoms with Gasteiger partial charge in [0.05, 0.1) is 5.69 Å². The second-order valence-electron chi connectivity index (χ2n) is 6.81. The molecule has 0 saturated heterocycles. The van der Waals surface area contributed by atoms with Crippen LogP contribution in [0.3, 0.4) is 0 Å². The van der Waals surface area contributed by atoms with Crippen LogP contribution in [0.1, 0.15) is 60.4 Å². The van der Waals surface area contributed by atoms with Crippen molar-refractivity contribution in [2.45, 2.75) is 51.9 Å². The van der Waals surface area contributed by atoms with E-state index in [1.54, 1.807) is 6.07 Å². The van der Waals surface area contributed by atoms with E-state index in [0.29, 0.717) is 24.1 Å². The van der Waals surface area contributed by atoms with Gasteiger partial charge in [0.1, 0.15) is 11.5 Å². The first-order valence-electron chi connectivity index (χ1n) is 9.12. The predicted octanol–water partition coefficient (Wildman–Crippen LogP) is 4.92. The second kappa shape index (κ2) is 8.15. The Morgan fingerprint density at radius 2 is 1.84 bits per heavy atom. The second-order valence-corrected chi connectivity index (χ2v) is 6.81. The van der Waals surface area contributed by atoms with Crippen molar-refractivity contribution in [1.29, 1.82) is 0 Å². The Hall–Kier alpha value is -2.36. The van der Waals surface area contributed by atoms with Crippen molar-refractivity contribution in [1.82, 2.24) is 0 Å². The fourth-order valence-electron chi connectivity index (χ4n) is 3.43. The summed E-state index contributed by atoms with van der Waals surface area (Å²) in [5, 5.41) is 2.98. The molecule has 1 amide bonds. The Balaban J connectivity index is 1.65. The van der Waals surface area contributed by atoms with Gasteiger partial charge < -0.3 is 9.73 Å². The van der Waals surface area contributed by atoms with E-state index >= 15 is 0 Å². The summed E-state index contributed by atoms with van der Waals surface area (Å²) in [7, 11) is 0. The Bertz CT molecular complexity index is 741. The summed E-state index contributed by atoms with van der Waals surface area (Å²) in [5.41, 5.74) is 1.20. The molecule has 0 atom stereocenters. The van der Waals surface area contributed by atoms with Crippen molar-refractivity contribution in [3.8, 4) is 0 Å². The summed E-state index contributed by atoms with van der Waals surface area (Å²) < 4.78 is 5.52. The number of aryl methyl sites for hydroxylation is 2. The number of amides is 1. The summed E-state index contributed by atoms with van der Waals surface area (Å²) in [6, 6.07) is 11.1. The van der Waals surface area contributed by atoms with Gasteiger partial charge in [-0.15, -0.1) is 0 Å². The van der Waals surface area contributed by atoms with Gasteiger partial charge in [-0.25, -0.2) is 0 Å². The van der Waals surface area contributed by atoms with Crippen molar-refractivity contribution in [2.75, 3.05) is 5.32 Å². The Morgan fingerprint density at radius 3 is 2.56 bits per heavy atom. The van der Waals surface area contributed by atoms with E-state index in [9.17, 15) is 9.59 Å². The van der Waals surface area contributed by atoms with Crippen LogP contribution in [0.4, 0.5) is 5.69 Å². The number of hydrogen-bond donors (Lipinski definition) is 1. The lowest BCUT2D eigenvalue weighted by Gasteiger charge is -2.21. The normalized spacial score (nSPS) is 15.1. The van der Waals surface area contributed by atoms with Crippen LogP contribution < -0.4 is 5.32 Å². The third kappa shape index (κ3) is 4.59. The van der Waals surface area contributed by atoms with E-state index in [-0.39, 0.29) is 17.6 Å². The van der Waals surface area contributed by atoms with Crippen LogP contribution in [-0.2, 0) is 11.2 Å². The van der Waals surface area contributed by atoms with E-state index in [1.165, 1.54) is 6.42 Å². The minimum atomic E-state index is 0.0218. The third-order valence-corrected chi connectivity index (χ3v) is 4.86. The van der Waals surface area contributed by atoms with Crippen LogP contribution in [0.15, 0.2) is 40.8 Å². The topological polar surface area (TPSA) is 59.3 Å². The summed E-state index contributed by atoms with van der Waals surface area (Å²) in [6.45, 7) is 1.89.